The molecule has 0 aromatic heterocycles. The smallest absolute Gasteiger partial charge is 0.339 e. The predicted molar refractivity (Wildman–Crippen MR) is 94.7 cm³/mol. The Morgan fingerprint density at radius 2 is 1.71 bits per heavy atom. The van der Waals surface area contributed by atoms with Gasteiger partial charge in [-0.1, -0.05) is 12.1 Å². The zero-order chi connectivity index (χ0) is 17.5. The van der Waals surface area contributed by atoms with Crippen LogP contribution < -0.4 is 10.1 Å². The summed E-state index contributed by atoms with van der Waals surface area (Å²) in [5, 5.41) is 2.45. The number of para-hydroxylation sites is 1. The van der Waals surface area contributed by atoms with Gasteiger partial charge >= 0.3 is 5.97 Å². The first-order chi connectivity index (χ1) is 11.5. The normalized spacial score (nSPS) is 11.5. The average Bonchev–Trinajstić information content (AvgIpc) is 2.62. The van der Waals surface area contributed by atoms with Gasteiger partial charge < -0.3 is 14.8 Å². The zero-order valence-electron chi connectivity index (χ0n) is 13.7. The number of rotatable bonds is 6. The Kier molecular flexibility index (Phi) is 6.26. The van der Waals surface area contributed by atoms with Crippen molar-refractivity contribution in [2.75, 3.05) is 19.5 Å². The fourth-order valence-electron chi connectivity index (χ4n) is 2.03. The number of hydrogen-bond acceptors (Lipinski definition) is 5. The van der Waals surface area contributed by atoms with Crippen LogP contribution in [0.2, 0.25) is 0 Å². The van der Waals surface area contributed by atoms with Crippen LogP contribution in [0.25, 0.3) is 0 Å². The van der Waals surface area contributed by atoms with E-state index in [0.29, 0.717) is 11.3 Å². The van der Waals surface area contributed by atoms with Crippen LogP contribution in [0.1, 0.15) is 17.3 Å². The Morgan fingerprint density at radius 1 is 1.04 bits per heavy atom. The summed E-state index contributed by atoms with van der Waals surface area (Å²) in [6.07, 6.45) is 0. The molecule has 0 aliphatic rings. The third-order valence-corrected chi connectivity index (χ3v) is 4.44. The molecule has 1 N–H and O–H groups in total. The van der Waals surface area contributed by atoms with Gasteiger partial charge in [-0.25, -0.2) is 4.79 Å². The summed E-state index contributed by atoms with van der Waals surface area (Å²) in [4.78, 5) is 25.1. The summed E-state index contributed by atoms with van der Waals surface area (Å²) in [6, 6.07) is 14.3. The van der Waals surface area contributed by atoms with Crippen LogP contribution in [0.3, 0.4) is 0 Å². The third kappa shape index (κ3) is 4.52. The molecular formula is C18H19NO4S. The monoisotopic (exact) mass is 345 g/mol. The Morgan fingerprint density at radius 3 is 2.33 bits per heavy atom. The summed E-state index contributed by atoms with van der Waals surface area (Å²) < 4.78 is 9.84. The lowest BCUT2D eigenvalue weighted by molar-refractivity contribution is -0.115. The first kappa shape index (κ1) is 17.9. The van der Waals surface area contributed by atoms with Crippen molar-refractivity contribution in [3.05, 3.63) is 54.1 Å². The quantitative estimate of drug-likeness (QED) is 0.640. The molecule has 0 spiro atoms. The number of methoxy groups -OCH3 is 2. The molecule has 0 bridgehead atoms. The van der Waals surface area contributed by atoms with Crippen molar-refractivity contribution in [2.24, 2.45) is 0 Å². The topological polar surface area (TPSA) is 64.6 Å². The predicted octanol–water partition coefficient (Wildman–Crippen LogP) is 3.60. The van der Waals surface area contributed by atoms with Crippen LogP contribution in [0.5, 0.6) is 5.75 Å². The number of ether oxygens (including phenoxy) is 2. The summed E-state index contributed by atoms with van der Waals surface area (Å²) >= 11 is 1.43. The lowest BCUT2D eigenvalue weighted by atomic mass is 10.2. The molecule has 0 fully saturated rings. The highest BCUT2D eigenvalue weighted by atomic mass is 32.2. The van der Waals surface area contributed by atoms with E-state index in [1.165, 1.54) is 18.9 Å². The number of esters is 1. The van der Waals surface area contributed by atoms with Gasteiger partial charge in [0.05, 0.1) is 30.7 Å². The number of nitrogens with one attached hydrogen (secondary N) is 1. The highest BCUT2D eigenvalue weighted by Gasteiger charge is 2.18. The fraction of sp³-hybridized carbons (Fsp3) is 0.222. The van der Waals surface area contributed by atoms with E-state index >= 15 is 0 Å². The number of benzene rings is 2. The van der Waals surface area contributed by atoms with Gasteiger partial charge in [0, 0.05) is 4.90 Å². The first-order valence-corrected chi connectivity index (χ1v) is 8.22. The standard InChI is InChI=1S/C18H19NO4S/c1-12(24-14-10-8-13(22-2)9-11-14)17(20)19-16-7-5-4-6-15(16)18(21)23-3/h4-12H,1-3H3,(H,19,20)/t12-/m1/s1. The van der Waals surface area contributed by atoms with E-state index in [2.05, 4.69) is 5.32 Å². The molecule has 24 heavy (non-hydrogen) atoms. The van der Waals surface area contributed by atoms with Crippen LogP contribution in [-0.2, 0) is 9.53 Å². The number of thioether (sulfide) groups is 1. The molecule has 126 valence electrons. The fourth-order valence-corrected chi connectivity index (χ4v) is 2.89. The minimum absolute atomic E-state index is 0.188. The van der Waals surface area contributed by atoms with Crippen molar-refractivity contribution in [3.63, 3.8) is 0 Å². The SMILES string of the molecule is COC(=O)c1ccccc1NC(=O)[C@@H](C)Sc1ccc(OC)cc1. The van der Waals surface area contributed by atoms with Crippen LogP contribution in [-0.4, -0.2) is 31.3 Å². The molecule has 0 aliphatic carbocycles. The second kappa shape index (κ2) is 8.40. The maximum absolute atomic E-state index is 12.4. The number of amides is 1. The summed E-state index contributed by atoms with van der Waals surface area (Å²) in [6.45, 7) is 1.81. The Bertz CT molecular complexity index is 715. The third-order valence-electron chi connectivity index (χ3n) is 3.33. The van der Waals surface area contributed by atoms with Crippen molar-refractivity contribution >= 4 is 29.3 Å². The van der Waals surface area contributed by atoms with Crippen molar-refractivity contribution in [2.45, 2.75) is 17.1 Å². The van der Waals surface area contributed by atoms with Gasteiger partial charge in [0.2, 0.25) is 5.91 Å². The minimum atomic E-state index is -0.485. The van der Waals surface area contributed by atoms with Crippen molar-refractivity contribution in [1.82, 2.24) is 0 Å². The molecule has 2 rings (SSSR count). The van der Waals surface area contributed by atoms with E-state index in [1.807, 2.05) is 31.2 Å². The van der Waals surface area contributed by atoms with Gasteiger partial charge in [-0.05, 0) is 43.3 Å². The van der Waals surface area contributed by atoms with Gasteiger partial charge in [0.1, 0.15) is 5.75 Å². The van der Waals surface area contributed by atoms with E-state index in [9.17, 15) is 9.59 Å². The maximum atomic E-state index is 12.4. The zero-order valence-corrected chi connectivity index (χ0v) is 14.6. The lowest BCUT2D eigenvalue weighted by Gasteiger charge is -2.14. The van der Waals surface area contributed by atoms with E-state index in [4.69, 9.17) is 9.47 Å². The van der Waals surface area contributed by atoms with Crippen LogP contribution >= 0.6 is 11.8 Å². The van der Waals surface area contributed by atoms with Crippen LogP contribution in [0.15, 0.2) is 53.4 Å². The Labute approximate surface area is 145 Å². The van der Waals surface area contributed by atoms with Crippen molar-refractivity contribution in [1.29, 1.82) is 0 Å². The molecule has 1 amide bonds. The molecule has 0 saturated heterocycles. The molecule has 5 nitrogen and oxygen atoms in total. The minimum Gasteiger partial charge on any atom is -0.497 e. The molecule has 6 heteroatoms. The highest BCUT2D eigenvalue weighted by Crippen LogP contribution is 2.26. The first-order valence-electron chi connectivity index (χ1n) is 7.34. The van der Waals surface area contributed by atoms with Gasteiger partial charge in [-0.3, -0.25) is 4.79 Å². The second-order valence-electron chi connectivity index (χ2n) is 4.96. The van der Waals surface area contributed by atoms with E-state index in [0.717, 1.165) is 10.6 Å². The molecule has 0 unspecified atom stereocenters. The van der Waals surface area contributed by atoms with E-state index in [1.54, 1.807) is 31.4 Å². The van der Waals surface area contributed by atoms with Gasteiger partial charge in [-0.2, -0.15) is 0 Å². The second-order valence-corrected chi connectivity index (χ2v) is 6.38. The number of anilines is 1. The Balaban J connectivity index is 2.05. The molecule has 0 saturated carbocycles. The van der Waals surface area contributed by atoms with Crippen LogP contribution in [0, 0.1) is 0 Å². The summed E-state index contributed by atoms with van der Waals surface area (Å²) in [5.41, 5.74) is 0.770. The van der Waals surface area contributed by atoms with Gasteiger partial charge in [0.15, 0.2) is 0 Å². The maximum Gasteiger partial charge on any atom is 0.339 e. The van der Waals surface area contributed by atoms with Gasteiger partial charge in [0.25, 0.3) is 0 Å². The highest BCUT2D eigenvalue weighted by molar-refractivity contribution is 8.00. The van der Waals surface area contributed by atoms with Crippen LogP contribution in [0.4, 0.5) is 5.69 Å². The Hall–Kier alpha value is -2.47. The van der Waals surface area contributed by atoms with Gasteiger partial charge in [-0.15, -0.1) is 11.8 Å². The molecule has 0 radical (unpaired) electrons. The average molecular weight is 345 g/mol. The van der Waals surface area contributed by atoms with E-state index < -0.39 is 5.97 Å². The molecular weight excluding hydrogens is 326 g/mol. The molecule has 0 aliphatic heterocycles. The number of carbonyl (C=O) groups is 2. The molecule has 2 aromatic carbocycles. The summed E-state index contributed by atoms with van der Waals surface area (Å²) in [5.74, 6) is 0.0944. The lowest BCUT2D eigenvalue weighted by Crippen LogP contribution is -2.23. The molecule has 2 aromatic rings. The van der Waals surface area contributed by atoms with E-state index in [-0.39, 0.29) is 11.2 Å². The molecule has 1 atom stereocenters. The summed E-state index contributed by atoms with van der Waals surface area (Å²) in [7, 11) is 2.92. The number of hydrogen-bond donors (Lipinski definition) is 1. The largest absolute Gasteiger partial charge is 0.497 e. The number of carbonyl (C=O) groups excluding carboxylic acids is 2. The molecule has 0 heterocycles. The van der Waals surface area contributed by atoms with Crippen molar-refractivity contribution < 1.29 is 19.1 Å². The van der Waals surface area contributed by atoms with Crippen molar-refractivity contribution in [3.8, 4) is 5.75 Å².